The minimum absolute atomic E-state index is 0.0752. The highest BCUT2D eigenvalue weighted by Gasteiger charge is 2.32. The lowest BCUT2D eigenvalue weighted by Crippen LogP contribution is -2.46. The zero-order valence-electron chi connectivity index (χ0n) is 19.7. The van der Waals surface area contributed by atoms with Crippen molar-refractivity contribution in [2.45, 2.75) is 6.54 Å². The summed E-state index contributed by atoms with van der Waals surface area (Å²) in [5.41, 5.74) is 3.06. The molecular formula is C28H25FN2O5. The van der Waals surface area contributed by atoms with E-state index in [1.54, 1.807) is 48.5 Å². The summed E-state index contributed by atoms with van der Waals surface area (Å²) >= 11 is 0. The summed E-state index contributed by atoms with van der Waals surface area (Å²) in [4.78, 5) is 29.0. The first kappa shape index (κ1) is 23.6. The number of piperazine rings is 1. The van der Waals surface area contributed by atoms with Crippen molar-refractivity contribution in [3.63, 3.8) is 0 Å². The molecule has 1 fully saturated rings. The molecule has 1 N–H and O–H groups in total. The first-order valence-electron chi connectivity index (χ1n) is 11.6. The Morgan fingerprint density at radius 1 is 1.03 bits per heavy atom. The number of esters is 1. The molecule has 1 saturated heterocycles. The minimum atomic E-state index is -0.437. The van der Waals surface area contributed by atoms with Crippen LogP contribution in [0.4, 0.5) is 10.1 Å². The fourth-order valence-electron chi connectivity index (χ4n) is 4.47. The van der Waals surface area contributed by atoms with Gasteiger partial charge in [0.2, 0.25) is 5.78 Å². The van der Waals surface area contributed by atoms with Crippen molar-refractivity contribution < 1.29 is 28.6 Å². The number of aromatic hydroxyl groups is 1. The highest BCUT2D eigenvalue weighted by atomic mass is 19.1. The van der Waals surface area contributed by atoms with Crippen molar-refractivity contribution in [1.29, 1.82) is 0 Å². The monoisotopic (exact) mass is 488 g/mol. The maximum Gasteiger partial charge on any atom is 0.337 e. The Kier molecular flexibility index (Phi) is 6.43. The van der Waals surface area contributed by atoms with Crippen LogP contribution in [0.3, 0.4) is 0 Å². The third kappa shape index (κ3) is 4.67. The molecule has 3 aromatic carbocycles. The molecule has 5 rings (SSSR count). The van der Waals surface area contributed by atoms with Crippen molar-refractivity contribution in [2.75, 3.05) is 38.2 Å². The summed E-state index contributed by atoms with van der Waals surface area (Å²) in [6.07, 6.45) is 1.62. The number of benzene rings is 3. The number of hydrogen-bond acceptors (Lipinski definition) is 7. The van der Waals surface area contributed by atoms with Gasteiger partial charge < -0.3 is 19.5 Å². The number of fused-ring (bicyclic) bond motifs is 1. The summed E-state index contributed by atoms with van der Waals surface area (Å²) < 4.78 is 23.9. The molecule has 0 aromatic heterocycles. The third-order valence-electron chi connectivity index (χ3n) is 6.49. The molecule has 3 aromatic rings. The summed E-state index contributed by atoms with van der Waals surface area (Å²) in [7, 11) is 1.32. The summed E-state index contributed by atoms with van der Waals surface area (Å²) in [6.45, 7) is 3.43. The van der Waals surface area contributed by atoms with Crippen LogP contribution in [0.2, 0.25) is 0 Å². The average Bonchev–Trinajstić information content (AvgIpc) is 3.21. The lowest BCUT2D eigenvalue weighted by molar-refractivity contribution is 0.0600. The van der Waals surface area contributed by atoms with E-state index in [1.807, 2.05) is 0 Å². The minimum Gasteiger partial charge on any atom is -0.507 e. The molecular weight excluding hydrogens is 463 g/mol. The molecule has 7 nitrogen and oxygen atoms in total. The summed E-state index contributed by atoms with van der Waals surface area (Å²) in [5, 5.41) is 10.6. The normalized spacial score (nSPS) is 16.7. The molecule has 36 heavy (non-hydrogen) atoms. The van der Waals surface area contributed by atoms with Crippen LogP contribution in [0.25, 0.3) is 6.08 Å². The highest BCUT2D eigenvalue weighted by molar-refractivity contribution is 6.15. The molecule has 0 atom stereocenters. The van der Waals surface area contributed by atoms with Crippen LogP contribution in [0.1, 0.15) is 31.8 Å². The van der Waals surface area contributed by atoms with Crippen molar-refractivity contribution in [3.05, 3.63) is 94.5 Å². The molecule has 8 heteroatoms. The number of methoxy groups -OCH3 is 1. The van der Waals surface area contributed by atoms with Gasteiger partial charge in [0.05, 0.1) is 23.8 Å². The van der Waals surface area contributed by atoms with Crippen molar-refractivity contribution >= 4 is 23.5 Å². The summed E-state index contributed by atoms with van der Waals surface area (Å²) in [5.74, 6) is -0.349. The van der Waals surface area contributed by atoms with Crippen molar-refractivity contribution in [3.8, 4) is 11.5 Å². The van der Waals surface area contributed by atoms with E-state index >= 15 is 0 Å². The van der Waals surface area contributed by atoms with E-state index in [-0.39, 0.29) is 23.1 Å². The molecule has 184 valence electrons. The molecule has 0 amide bonds. The van der Waals surface area contributed by atoms with Gasteiger partial charge >= 0.3 is 5.97 Å². The van der Waals surface area contributed by atoms with Gasteiger partial charge in [-0.15, -0.1) is 0 Å². The van der Waals surface area contributed by atoms with Gasteiger partial charge in [0.15, 0.2) is 5.76 Å². The Bertz CT molecular complexity index is 1330. The number of allylic oxidation sites excluding steroid dienone is 1. The maximum atomic E-state index is 13.2. The van der Waals surface area contributed by atoms with Crippen LogP contribution in [0, 0.1) is 5.82 Å². The number of halogens is 1. The Hall–Kier alpha value is -4.17. The Balaban J connectivity index is 1.30. The molecule has 0 unspecified atom stereocenters. The van der Waals surface area contributed by atoms with Crippen molar-refractivity contribution in [2.24, 2.45) is 0 Å². The molecule has 0 radical (unpaired) electrons. The van der Waals surface area contributed by atoms with E-state index in [1.165, 1.54) is 25.3 Å². The number of carbonyl (C=O) groups excluding carboxylic acids is 2. The predicted molar refractivity (Wildman–Crippen MR) is 133 cm³/mol. The SMILES string of the molecule is COC(=O)c1ccc(/C=C2/Oc3c(ccc(O)c3CN3CCN(c4ccc(F)cc4)CC3)C2=O)cc1. The van der Waals surface area contributed by atoms with E-state index in [9.17, 15) is 19.1 Å². The number of anilines is 1. The van der Waals surface area contributed by atoms with Gasteiger partial charge in [-0.2, -0.15) is 0 Å². The smallest absolute Gasteiger partial charge is 0.337 e. The predicted octanol–water partition coefficient (Wildman–Crippen LogP) is 4.26. The fourth-order valence-corrected chi connectivity index (χ4v) is 4.47. The lowest BCUT2D eigenvalue weighted by atomic mass is 10.0. The number of phenols is 1. The number of ketones is 1. The van der Waals surface area contributed by atoms with Crippen LogP contribution in [-0.2, 0) is 11.3 Å². The zero-order valence-corrected chi connectivity index (χ0v) is 19.7. The van der Waals surface area contributed by atoms with Gasteiger partial charge in [0.25, 0.3) is 0 Å². The fraction of sp³-hybridized carbons (Fsp3) is 0.214. The Morgan fingerprint density at radius 2 is 1.72 bits per heavy atom. The summed E-state index contributed by atoms with van der Waals surface area (Å²) in [6, 6.07) is 16.2. The average molecular weight is 489 g/mol. The number of ether oxygens (including phenoxy) is 2. The molecule has 2 heterocycles. The second-order valence-electron chi connectivity index (χ2n) is 8.73. The number of rotatable bonds is 5. The second kappa shape index (κ2) is 9.83. The van der Waals surface area contributed by atoms with Gasteiger partial charge in [-0.1, -0.05) is 12.1 Å². The van der Waals surface area contributed by atoms with E-state index in [4.69, 9.17) is 9.47 Å². The van der Waals surface area contributed by atoms with E-state index in [0.29, 0.717) is 34.5 Å². The number of carbonyl (C=O) groups is 2. The first-order valence-corrected chi connectivity index (χ1v) is 11.6. The number of hydrogen-bond donors (Lipinski definition) is 1. The van der Waals surface area contributed by atoms with Crippen LogP contribution in [0.15, 0.2) is 66.4 Å². The molecule has 0 aliphatic carbocycles. The van der Waals surface area contributed by atoms with Crippen LogP contribution in [0.5, 0.6) is 11.5 Å². The van der Waals surface area contributed by atoms with Gasteiger partial charge in [-0.25, -0.2) is 9.18 Å². The van der Waals surface area contributed by atoms with Gasteiger partial charge in [-0.05, 0) is 60.2 Å². The lowest BCUT2D eigenvalue weighted by Gasteiger charge is -2.36. The number of nitrogens with zero attached hydrogens (tertiary/aromatic N) is 2. The molecule has 2 aliphatic heterocycles. The first-order chi connectivity index (χ1) is 17.4. The molecule has 2 aliphatic rings. The second-order valence-corrected chi connectivity index (χ2v) is 8.73. The van der Waals surface area contributed by atoms with E-state index < -0.39 is 5.97 Å². The van der Waals surface area contributed by atoms with Crippen LogP contribution >= 0.6 is 0 Å². The van der Waals surface area contributed by atoms with E-state index in [2.05, 4.69) is 9.80 Å². The molecule has 0 saturated carbocycles. The maximum absolute atomic E-state index is 13.2. The molecule has 0 bridgehead atoms. The number of Topliss-reactive ketones (excluding diaryl/α,β-unsaturated/α-hetero) is 1. The molecule has 0 spiro atoms. The van der Waals surface area contributed by atoms with Gasteiger partial charge in [-0.3, -0.25) is 9.69 Å². The van der Waals surface area contributed by atoms with Gasteiger partial charge in [0.1, 0.15) is 17.3 Å². The standard InChI is InChI=1S/C28H25FN2O5/c1-35-28(34)19-4-2-18(3-5-19)16-25-26(33)22-10-11-24(32)23(27(22)36-25)17-30-12-14-31(15-13-30)21-8-6-20(29)7-9-21/h2-11,16,32H,12-15,17H2,1H3/b25-16+. The third-order valence-corrected chi connectivity index (χ3v) is 6.49. The Labute approximate surface area is 208 Å². The van der Waals surface area contributed by atoms with E-state index in [0.717, 1.165) is 31.9 Å². The van der Waals surface area contributed by atoms with Gasteiger partial charge in [0, 0.05) is 38.4 Å². The zero-order chi connectivity index (χ0) is 25.2. The van der Waals surface area contributed by atoms with Crippen molar-refractivity contribution in [1.82, 2.24) is 4.90 Å². The van der Waals surface area contributed by atoms with Crippen LogP contribution in [-0.4, -0.2) is 55.0 Å². The topological polar surface area (TPSA) is 79.3 Å². The highest BCUT2D eigenvalue weighted by Crippen LogP contribution is 2.40. The number of phenolic OH excluding ortho intramolecular Hbond substituents is 1. The van der Waals surface area contributed by atoms with Crippen LogP contribution < -0.4 is 9.64 Å². The Morgan fingerprint density at radius 3 is 2.39 bits per heavy atom. The largest absolute Gasteiger partial charge is 0.507 e. The quantitative estimate of drug-likeness (QED) is 0.425.